The molecule has 0 N–H and O–H groups in total. The number of methoxy groups -OCH3 is 1. The molecule has 2 rings (SSSR count). The van der Waals surface area contributed by atoms with Crippen LogP contribution < -0.4 is 4.74 Å². The first-order valence-corrected chi connectivity index (χ1v) is 6.19. The predicted molar refractivity (Wildman–Crippen MR) is 67.7 cm³/mol. The van der Waals surface area contributed by atoms with Gasteiger partial charge in [-0.1, -0.05) is 12.1 Å². The SMILES string of the molecule is COc1ccc(Cc2nc(CC=O)cs2)cc1. The van der Waals surface area contributed by atoms with E-state index in [1.165, 1.54) is 5.56 Å². The van der Waals surface area contributed by atoms with Gasteiger partial charge in [-0.3, -0.25) is 0 Å². The van der Waals surface area contributed by atoms with E-state index in [0.717, 1.165) is 29.2 Å². The first-order chi connectivity index (χ1) is 8.31. The monoisotopic (exact) mass is 247 g/mol. The van der Waals surface area contributed by atoms with Crippen LogP contribution in [0.5, 0.6) is 5.75 Å². The summed E-state index contributed by atoms with van der Waals surface area (Å²) in [6.45, 7) is 0. The molecule has 0 bridgehead atoms. The molecular weight excluding hydrogens is 234 g/mol. The van der Waals surface area contributed by atoms with Gasteiger partial charge in [0.1, 0.15) is 12.0 Å². The summed E-state index contributed by atoms with van der Waals surface area (Å²) in [6, 6.07) is 7.93. The van der Waals surface area contributed by atoms with Crippen molar-refractivity contribution in [2.45, 2.75) is 12.8 Å². The number of rotatable bonds is 5. The molecule has 3 nitrogen and oxygen atoms in total. The Morgan fingerprint density at radius 3 is 2.76 bits per heavy atom. The molecule has 4 heteroatoms. The minimum Gasteiger partial charge on any atom is -0.497 e. The molecule has 0 aliphatic carbocycles. The van der Waals surface area contributed by atoms with E-state index in [4.69, 9.17) is 4.74 Å². The van der Waals surface area contributed by atoms with Crippen LogP contribution in [0.15, 0.2) is 29.6 Å². The Hall–Kier alpha value is -1.68. The lowest BCUT2D eigenvalue weighted by Crippen LogP contribution is -1.90. The fraction of sp³-hybridized carbons (Fsp3) is 0.231. The van der Waals surface area contributed by atoms with E-state index in [1.54, 1.807) is 18.4 Å². The molecule has 1 aromatic carbocycles. The molecule has 17 heavy (non-hydrogen) atoms. The number of hydrogen-bond acceptors (Lipinski definition) is 4. The van der Waals surface area contributed by atoms with Gasteiger partial charge in [-0.05, 0) is 17.7 Å². The fourth-order valence-corrected chi connectivity index (χ4v) is 2.37. The minimum absolute atomic E-state index is 0.402. The Kier molecular flexibility index (Phi) is 3.88. The Morgan fingerprint density at radius 1 is 1.35 bits per heavy atom. The van der Waals surface area contributed by atoms with Gasteiger partial charge in [0.2, 0.25) is 0 Å². The molecule has 0 fully saturated rings. The molecule has 0 unspecified atom stereocenters. The lowest BCUT2D eigenvalue weighted by molar-refractivity contribution is -0.107. The highest BCUT2D eigenvalue weighted by atomic mass is 32.1. The number of thiazole rings is 1. The molecule has 0 saturated heterocycles. The van der Waals surface area contributed by atoms with Crippen LogP contribution in [0, 0.1) is 0 Å². The molecule has 0 saturated carbocycles. The maximum atomic E-state index is 10.4. The summed E-state index contributed by atoms with van der Waals surface area (Å²) in [5, 5.41) is 2.97. The van der Waals surface area contributed by atoms with Crippen LogP contribution in [0.25, 0.3) is 0 Å². The predicted octanol–water partition coefficient (Wildman–Crippen LogP) is 2.48. The summed E-state index contributed by atoms with van der Waals surface area (Å²) in [7, 11) is 1.65. The highest BCUT2D eigenvalue weighted by Crippen LogP contribution is 2.17. The van der Waals surface area contributed by atoms with Gasteiger partial charge in [0.25, 0.3) is 0 Å². The van der Waals surface area contributed by atoms with Gasteiger partial charge >= 0.3 is 0 Å². The normalized spacial score (nSPS) is 10.2. The highest BCUT2D eigenvalue weighted by molar-refractivity contribution is 7.09. The second-order valence-electron chi connectivity index (χ2n) is 3.63. The Labute approximate surface area is 104 Å². The van der Waals surface area contributed by atoms with Gasteiger partial charge in [-0.2, -0.15) is 0 Å². The van der Waals surface area contributed by atoms with E-state index in [1.807, 2.05) is 29.6 Å². The maximum absolute atomic E-state index is 10.4. The first-order valence-electron chi connectivity index (χ1n) is 5.31. The standard InChI is InChI=1S/C13H13NO2S/c1-16-12-4-2-10(3-5-12)8-13-14-11(6-7-15)9-17-13/h2-5,7,9H,6,8H2,1H3. The van der Waals surface area contributed by atoms with Crippen LogP contribution in [0.2, 0.25) is 0 Å². The van der Waals surface area contributed by atoms with Crippen LogP contribution in [0.1, 0.15) is 16.3 Å². The van der Waals surface area contributed by atoms with E-state index < -0.39 is 0 Å². The van der Waals surface area contributed by atoms with Crippen molar-refractivity contribution in [3.8, 4) is 5.75 Å². The van der Waals surface area contributed by atoms with E-state index in [9.17, 15) is 4.79 Å². The summed E-state index contributed by atoms with van der Waals surface area (Å²) in [5.41, 5.74) is 2.05. The lowest BCUT2D eigenvalue weighted by Gasteiger charge is -2.01. The minimum atomic E-state index is 0.402. The number of carbonyl (C=O) groups is 1. The van der Waals surface area contributed by atoms with Crippen molar-refractivity contribution in [1.29, 1.82) is 0 Å². The summed E-state index contributed by atoms with van der Waals surface area (Å²) in [4.78, 5) is 14.8. The summed E-state index contributed by atoms with van der Waals surface area (Å²) in [6.07, 6.45) is 2.08. The van der Waals surface area contributed by atoms with Gasteiger partial charge in [0.15, 0.2) is 0 Å². The molecular formula is C13H13NO2S. The Balaban J connectivity index is 2.05. The van der Waals surface area contributed by atoms with Gasteiger partial charge in [0, 0.05) is 18.2 Å². The van der Waals surface area contributed by atoms with Crippen molar-refractivity contribution in [3.63, 3.8) is 0 Å². The molecule has 1 heterocycles. The second kappa shape index (κ2) is 5.59. The van der Waals surface area contributed by atoms with E-state index in [2.05, 4.69) is 4.98 Å². The van der Waals surface area contributed by atoms with Crippen molar-refractivity contribution < 1.29 is 9.53 Å². The van der Waals surface area contributed by atoms with Crippen molar-refractivity contribution >= 4 is 17.6 Å². The number of ether oxygens (including phenoxy) is 1. The third kappa shape index (κ3) is 3.14. The average Bonchev–Trinajstić information content (AvgIpc) is 2.78. The molecule has 0 aliphatic rings. The zero-order chi connectivity index (χ0) is 12.1. The molecule has 0 radical (unpaired) electrons. The fourth-order valence-electron chi connectivity index (χ4n) is 1.53. The molecule has 0 atom stereocenters. The van der Waals surface area contributed by atoms with Crippen LogP contribution in [0.3, 0.4) is 0 Å². The quantitative estimate of drug-likeness (QED) is 0.762. The zero-order valence-corrected chi connectivity index (χ0v) is 10.4. The Morgan fingerprint density at radius 2 is 2.12 bits per heavy atom. The zero-order valence-electron chi connectivity index (χ0n) is 9.55. The van der Waals surface area contributed by atoms with Crippen molar-refractivity contribution in [3.05, 3.63) is 45.9 Å². The van der Waals surface area contributed by atoms with Gasteiger partial charge in [-0.25, -0.2) is 4.98 Å². The first kappa shape index (κ1) is 11.8. The highest BCUT2D eigenvalue weighted by Gasteiger charge is 2.03. The van der Waals surface area contributed by atoms with Crippen LogP contribution in [-0.2, 0) is 17.6 Å². The van der Waals surface area contributed by atoms with Gasteiger partial charge < -0.3 is 9.53 Å². The number of carbonyl (C=O) groups excluding carboxylic acids is 1. The summed E-state index contributed by atoms with van der Waals surface area (Å²) >= 11 is 1.59. The van der Waals surface area contributed by atoms with Gasteiger partial charge in [-0.15, -0.1) is 11.3 Å². The van der Waals surface area contributed by atoms with E-state index in [-0.39, 0.29) is 0 Å². The summed E-state index contributed by atoms with van der Waals surface area (Å²) < 4.78 is 5.10. The van der Waals surface area contributed by atoms with Crippen molar-refractivity contribution in [1.82, 2.24) is 4.98 Å². The van der Waals surface area contributed by atoms with Crippen molar-refractivity contribution in [2.75, 3.05) is 7.11 Å². The van der Waals surface area contributed by atoms with Crippen molar-refractivity contribution in [2.24, 2.45) is 0 Å². The van der Waals surface area contributed by atoms with Crippen LogP contribution >= 0.6 is 11.3 Å². The Bertz CT molecular complexity index is 490. The summed E-state index contributed by atoms with van der Waals surface area (Å²) in [5.74, 6) is 0.856. The molecule has 88 valence electrons. The largest absolute Gasteiger partial charge is 0.497 e. The molecule has 0 spiro atoms. The van der Waals surface area contributed by atoms with Crippen LogP contribution in [-0.4, -0.2) is 18.4 Å². The number of aromatic nitrogens is 1. The number of aldehydes is 1. The lowest BCUT2D eigenvalue weighted by atomic mass is 10.1. The van der Waals surface area contributed by atoms with Crippen LogP contribution in [0.4, 0.5) is 0 Å². The third-order valence-corrected chi connectivity index (χ3v) is 3.30. The third-order valence-electron chi connectivity index (χ3n) is 2.41. The second-order valence-corrected chi connectivity index (χ2v) is 4.57. The number of hydrogen-bond donors (Lipinski definition) is 0. The average molecular weight is 247 g/mol. The maximum Gasteiger partial charge on any atom is 0.125 e. The molecule has 0 aliphatic heterocycles. The topological polar surface area (TPSA) is 39.2 Å². The number of benzene rings is 1. The molecule has 1 aromatic heterocycles. The number of nitrogens with zero attached hydrogens (tertiary/aromatic N) is 1. The molecule has 2 aromatic rings. The van der Waals surface area contributed by atoms with E-state index in [0.29, 0.717) is 6.42 Å². The molecule has 0 amide bonds. The van der Waals surface area contributed by atoms with Gasteiger partial charge in [0.05, 0.1) is 17.8 Å². The van der Waals surface area contributed by atoms with E-state index >= 15 is 0 Å². The smallest absolute Gasteiger partial charge is 0.125 e.